The van der Waals surface area contributed by atoms with Crippen molar-refractivity contribution in [2.24, 2.45) is 5.16 Å². The van der Waals surface area contributed by atoms with Crippen molar-refractivity contribution in [2.45, 2.75) is 50.5 Å². The molecule has 1 saturated heterocycles. The summed E-state index contributed by atoms with van der Waals surface area (Å²) in [5.41, 5.74) is 2.88. The van der Waals surface area contributed by atoms with Gasteiger partial charge in [-0.15, -0.1) is 0 Å². The quantitative estimate of drug-likeness (QED) is 0.631. The van der Waals surface area contributed by atoms with E-state index in [-0.39, 0.29) is 0 Å². The Bertz CT molecular complexity index is 871. The Labute approximate surface area is 167 Å². The molecule has 2 heterocycles. The van der Waals surface area contributed by atoms with E-state index in [0.717, 1.165) is 30.7 Å². The number of aryl methyl sites for hydroxylation is 1. The van der Waals surface area contributed by atoms with Gasteiger partial charge in [-0.25, -0.2) is 8.42 Å². The van der Waals surface area contributed by atoms with Crippen LogP contribution in [0.5, 0.6) is 0 Å². The largest absolute Gasteiger partial charge is 0.389 e. The van der Waals surface area contributed by atoms with E-state index < -0.39 is 10.0 Å². The predicted molar refractivity (Wildman–Crippen MR) is 110 cm³/mol. The number of oxime groups is 1. The molecular formula is C21H27N3O3S. The molecule has 7 heteroatoms. The Morgan fingerprint density at radius 3 is 2.50 bits per heavy atom. The Hall–Kier alpha value is -2.25. The lowest BCUT2D eigenvalue weighted by atomic mass is 10.1. The lowest BCUT2D eigenvalue weighted by molar-refractivity contribution is 0.125. The second kappa shape index (κ2) is 9.80. The maximum atomic E-state index is 12.9. The van der Waals surface area contributed by atoms with Crippen molar-refractivity contribution < 1.29 is 13.3 Å². The monoisotopic (exact) mass is 401 g/mol. The summed E-state index contributed by atoms with van der Waals surface area (Å²) in [6.07, 6.45) is 6.10. The van der Waals surface area contributed by atoms with E-state index in [0.29, 0.717) is 37.4 Å². The van der Waals surface area contributed by atoms with Crippen molar-refractivity contribution in [3.05, 3.63) is 59.9 Å². The number of hydrogen-bond acceptors (Lipinski definition) is 5. The van der Waals surface area contributed by atoms with Crippen LogP contribution >= 0.6 is 0 Å². The van der Waals surface area contributed by atoms with E-state index in [1.54, 1.807) is 18.3 Å². The van der Waals surface area contributed by atoms with Gasteiger partial charge >= 0.3 is 0 Å². The molecule has 6 nitrogen and oxygen atoms in total. The minimum absolute atomic E-state index is 0.316. The maximum Gasteiger partial charge on any atom is 0.243 e. The Morgan fingerprint density at radius 2 is 1.86 bits per heavy atom. The molecule has 1 aromatic heterocycles. The molecule has 1 aliphatic heterocycles. The molecule has 0 spiro atoms. The normalized spacial score (nSPS) is 15.4. The average Bonchev–Trinajstić information content (AvgIpc) is 2.74. The highest BCUT2D eigenvalue weighted by Crippen LogP contribution is 2.21. The van der Waals surface area contributed by atoms with Gasteiger partial charge in [0.15, 0.2) is 6.61 Å². The smallest absolute Gasteiger partial charge is 0.243 e. The van der Waals surface area contributed by atoms with Gasteiger partial charge in [0.1, 0.15) is 0 Å². The first-order valence-electron chi connectivity index (χ1n) is 9.76. The molecule has 3 rings (SSSR count). The van der Waals surface area contributed by atoms with Crippen molar-refractivity contribution in [1.82, 2.24) is 9.29 Å². The number of pyridine rings is 1. The van der Waals surface area contributed by atoms with Crippen LogP contribution in [0.4, 0.5) is 0 Å². The summed E-state index contributed by atoms with van der Waals surface area (Å²) < 4.78 is 27.3. The van der Waals surface area contributed by atoms with E-state index in [9.17, 15) is 8.42 Å². The third-order valence-electron chi connectivity index (χ3n) is 4.81. The first-order chi connectivity index (χ1) is 13.6. The predicted octanol–water partition coefficient (Wildman–Crippen LogP) is 3.78. The topological polar surface area (TPSA) is 71.9 Å². The van der Waals surface area contributed by atoms with Crippen LogP contribution in [0.1, 0.15) is 43.9 Å². The van der Waals surface area contributed by atoms with Crippen LogP contribution in [-0.4, -0.2) is 36.5 Å². The van der Waals surface area contributed by atoms with Crippen LogP contribution in [0.3, 0.4) is 0 Å². The van der Waals surface area contributed by atoms with E-state index in [1.807, 2.05) is 30.3 Å². The highest BCUT2D eigenvalue weighted by Gasteiger charge is 2.28. The van der Waals surface area contributed by atoms with Crippen LogP contribution in [0, 0.1) is 0 Å². The summed E-state index contributed by atoms with van der Waals surface area (Å²) in [7, 11) is -3.46. The fraction of sp³-hybridized carbons (Fsp3) is 0.429. The summed E-state index contributed by atoms with van der Waals surface area (Å²) in [4.78, 5) is 9.91. The van der Waals surface area contributed by atoms with Crippen LogP contribution < -0.4 is 0 Å². The third-order valence-corrected chi connectivity index (χ3v) is 6.72. The molecule has 0 radical (unpaired) electrons. The second-order valence-corrected chi connectivity index (χ2v) is 8.84. The highest BCUT2D eigenvalue weighted by molar-refractivity contribution is 7.89. The number of hydrogen-bond donors (Lipinski definition) is 0. The Balaban J connectivity index is 1.53. The van der Waals surface area contributed by atoms with E-state index in [1.165, 1.54) is 9.87 Å². The van der Waals surface area contributed by atoms with Crippen LogP contribution in [-0.2, 0) is 27.9 Å². The molecule has 28 heavy (non-hydrogen) atoms. The lowest BCUT2D eigenvalue weighted by Gasteiger charge is -2.26. The number of aromatic nitrogens is 1. The van der Waals surface area contributed by atoms with Gasteiger partial charge in [0.05, 0.1) is 16.3 Å². The van der Waals surface area contributed by atoms with Gasteiger partial charge in [-0.2, -0.15) is 4.31 Å². The van der Waals surface area contributed by atoms with Gasteiger partial charge in [0, 0.05) is 32.1 Å². The van der Waals surface area contributed by atoms with Gasteiger partial charge < -0.3 is 4.84 Å². The highest BCUT2D eigenvalue weighted by atomic mass is 32.2. The maximum absolute atomic E-state index is 12.9. The summed E-state index contributed by atoms with van der Waals surface area (Å²) >= 11 is 0. The van der Waals surface area contributed by atoms with Crippen molar-refractivity contribution in [3.8, 4) is 0 Å². The standard InChI is InChI=1S/C21H27N3O3S/c1-2-3-6-18-8-10-21(11-9-18)28(25,26)24-15-12-19(13-16-24)23-27-17-20-7-4-5-14-22-20/h4-5,7-11,14H,2-3,6,12-13,15-17H2,1H3. The van der Waals surface area contributed by atoms with Crippen molar-refractivity contribution in [2.75, 3.05) is 13.1 Å². The molecular weight excluding hydrogens is 374 g/mol. The summed E-state index contributed by atoms with van der Waals surface area (Å²) in [6.45, 7) is 3.31. The van der Waals surface area contributed by atoms with E-state index in [4.69, 9.17) is 4.84 Å². The molecule has 2 aromatic rings. The third kappa shape index (κ3) is 5.39. The van der Waals surface area contributed by atoms with Crippen molar-refractivity contribution in [3.63, 3.8) is 0 Å². The van der Waals surface area contributed by atoms with Gasteiger partial charge in [0.25, 0.3) is 0 Å². The first kappa shape index (κ1) is 20.5. The van der Waals surface area contributed by atoms with E-state index in [2.05, 4.69) is 17.1 Å². The first-order valence-corrected chi connectivity index (χ1v) is 11.2. The molecule has 1 aliphatic rings. The van der Waals surface area contributed by atoms with Gasteiger partial charge in [-0.05, 0) is 42.7 Å². The van der Waals surface area contributed by atoms with Crippen LogP contribution in [0.15, 0.2) is 58.7 Å². The van der Waals surface area contributed by atoms with Crippen LogP contribution in [0.25, 0.3) is 0 Å². The lowest BCUT2D eigenvalue weighted by Crippen LogP contribution is -2.38. The molecule has 1 fully saturated rings. The van der Waals surface area contributed by atoms with Gasteiger partial charge in [-0.3, -0.25) is 4.98 Å². The number of sulfonamides is 1. The fourth-order valence-electron chi connectivity index (χ4n) is 3.11. The van der Waals surface area contributed by atoms with Gasteiger partial charge in [-0.1, -0.05) is 36.7 Å². The van der Waals surface area contributed by atoms with E-state index >= 15 is 0 Å². The zero-order valence-corrected chi connectivity index (χ0v) is 17.1. The number of rotatable bonds is 8. The fourth-order valence-corrected chi connectivity index (χ4v) is 4.55. The summed E-state index contributed by atoms with van der Waals surface area (Å²) in [6, 6.07) is 12.9. The number of nitrogens with zero attached hydrogens (tertiary/aromatic N) is 3. The molecule has 0 amide bonds. The Kier molecular flexibility index (Phi) is 7.17. The average molecular weight is 402 g/mol. The summed E-state index contributed by atoms with van der Waals surface area (Å²) in [5.74, 6) is 0. The minimum Gasteiger partial charge on any atom is -0.389 e. The molecule has 0 N–H and O–H groups in total. The number of unbranched alkanes of at least 4 members (excludes halogenated alkanes) is 1. The minimum atomic E-state index is -3.46. The molecule has 0 bridgehead atoms. The zero-order valence-electron chi connectivity index (χ0n) is 16.3. The van der Waals surface area contributed by atoms with Crippen molar-refractivity contribution >= 4 is 15.7 Å². The number of benzene rings is 1. The molecule has 1 aromatic carbocycles. The molecule has 150 valence electrons. The molecule has 0 unspecified atom stereocenters. The van der Waals surface area contributed by atoms with Gasteiger partial charge in [0.2, 0.25) is 10.0 Å². The van der Waals surface area contributed by atoms with Crippen molar-refractivity contribution in [1.29, 1.82) is 0 Å². The zero-order chi connectivity index (χ0) is 19.8. The molecule has 0 atom stereocenters. The number of piperidine rings is 1. The molecule has 0 saturated carbocycles. The Morgan fingerprint density at radius 1 is 1.11 bits per heavy atom. The molecule has 0 aliphatic carbocycles. The van der Waals surface area contributed by atoms with Crippen LogP contribution in [0.2, 0.25) is 0 Å². The SMILES string of the molecule is CCCCc1ccc(S(=O)(=O)N2CCC(=NOCc3ccccn3)CC2)cc1. The summed E-state index contributed by atoms with van der Waals surface area (Å²) in [5, 5.41) is 4.16. The second-order valence-electron chi connectivity index (χ2n) is 6.90.